The van der Waals surface area contributed by atoms with Crippen LogP contribution in [0.15, 0.2) is 53.9 Å². The maximum absolute atomic E-state index is 14.0. The first-order valence-corrected chi connectivity index (χ1v) is 12.2. The van der Waals surface area contributed by atoms with E-state index in [1.165, 1.54) is 12.1 Å². The molecule has 0 bridgehead atoms. The van der Waals surface area contributed by atoms with Crippen molar-refractivity contribution in [2.24, 2.45) is 11.7 Å². The summed E-state index contributed by atoms with van der Waals surface area (Å²) in [6.07, 6.45) is 2.96. The third-order valence-electron chi connectivity index (χ3n) is 6.68. The standard InChI is InChI=1S/C26H31F3N2OS/c1-17(2)15-26(30)16-25(32-23-9-6-20(27)14-22(23)26)10-12-31(13-11-25)18(3)19-4-7-21(8-5-19)33-24(28)29/h4-9,14,17,24H,3,10-13,15-16,30H2,1-2H3. The van der Waals surface area contributed by atoms with Crippen molar-refractivity contribution in [1.82, 2.24) is 4.90 Å². The van der Waals surface area contributed by atoms with Crippen LogP contribution in [0.5, 0.6) is 5.75 Å². The van der Waals surface area contributed by atoms with E-state index in [1.807, 2.05) is 12.1 Å². The molecule has 1 spiro atoms. The van der Waals surface area contributed by atoms with E-state index in [1.54, 1.807) is 18.2 Å². The van der Waals surface area contributed by atoms with Gasteiger partial charge in [0.1, 0.15) is 17.2 Å². The highest BCUT2D eigenvalue weighted by Gasteiger charge is 2.49. The van der Waals surface area contributed by atoms with Crippen LogP contribution >= 0.6 is 11.8 Å². The molecule has 1 fully saturated rings. The van der Waals surface area contributed by atoms with Crippen molar-refractivity contribution in [3.05, 3.63) is 66.0 Å². The second-order valence-corrected chi connectivity index (χ2v) is 10.8. The summed E-state index contributed by atoms with van der Waals surface area (Å²) in [5.74, 6) is -1.67. The number of likely N-dealkylation sites (tertiary alicyclic amines) is 1. The van der Waals surface area contributed by atoms with Gasteiger partial charge in [0.05, 0.1) is 0 Å². The molecule has 0 radical (unpaired) electrons. The van der Waals surface area contributed by atoms with E-state index < -0.39 is 16.9 Å². The first-order valence-electron chi connectivity index (χ1n) is 11.4. The number of ether oxygens (including phenoxy) is 1. The van der Waals surface area contributed by atoms with E-state index >= 15 is 0 Å². The van der Waals surface area contributed by atoms with Crippen LogP contribution in [-0.2, 0) is 5.54 Å². The zero-order chi connectivity index (χ0) is 23.8. The van der Waals surface area contributed by atoms with Crippen LogP contribution in [0.3, 0.4) is 0 Å². The fraction of sp³-hybridized carbons (Fsp3) is 0.462. The molecule has 1 atom stereocenters. The van der Waals surface area contributed by atoms with Crippen LogP contribution in [-0.4, -0.2) is 29.3 Å². The number of alkyl halides is 2. The Balaban J connectivity index is 1.49. The molecule has 3 nitrogen and oxygen atoms in total. The molecule has 2 aliphatic rings. The van der Waals surface area contributed by atoms with E-state index in [9.17, 15) is 13.2 Å². The van der Waals surface area contributed by atoms with Gasteiger partial charge in [0, 0.05) is 54.0 Å². The summed E-state index contributed by atoms with van der Waals surface area (Å²) in [6, 6.07) is 11.8. The molecular weight excluding hydrogens is 445 g/mol. The van der Waals surface area contributed by atoms with Crippen molar-refractivity contribution >= 4 is 17.5 Å². The summed E-state index contributed by atoms with van der Waals surface area (Å²) < 4.78 is 45.7. The summed E-state index contributed by atoms with van der Waals surface area (Å²) in [4.78, 5) is 2.75. The Bertz CT molecular complexity index is 1000. The topological polar surface area (TPSA) is 38.5 Å². The van der Waals surface area contributed by atoms with E-state index in [-0.39, 0.29) is 5.82 Å². The zero-order valence-corrected chi connectivity index (χ0v) is 19.9. The highest BCUT2D eigenvalue weighted by atomic mass is 32.2. The fourth-order valence-corrected chi connectivity index (χ4v) is 5.80. The van der Waals surface area contributed by atoms with E-state index in [0.29, 0.717) is 34.7 Å². The van der Waals surface area contributed by atoms with E-state index in [2.05, 4.69) is 25.3 Å². The molecule has 2 heterocycles. The largest absolute Gasteiger partial charge is 0.487 e. The molecule has 7 heteroatoms. The monoisotopic (exact) mass is 476 g/mol. The molecule has 4 rings (SSSR count). The number of nitrogens with zero attached hydrogens (tertiary/aromatic N) is 1. The van der Waals surface area contributed by atoms with Crippen molar-refractivity contribution in [2.45, 2.75) is 61.3 Å². The summed E-state index contributed by atoms with van der Waals surface area (Å²) in [6.45, 7) is 10.0. The lowest BCUT2D eigenvalue weighted by atomic mass is 9.70. The molecule has 2 N–H and O–H groups in total. The van der Waals surface area contributed by atoms with Crippen LogP contribution < -0.4 is 10.5 Å². The predicted molar refractivity (Wildman–Crippen MR) is 128 cm³/mol. The molecule has 0 saturated carbocycles. The molecule has 0 amide bonds. The number of benzene rings is 2. The Morgan fingerprint density at radius 2 is 1.82 bits per heavy atom. The van der Waals surface area contributed by atoms with Gasteiger partial charge in [-0.05, 0) is 48.2 Å². The van der Waals surface area contributed by atoms with Gasteiger partial charge < -0.3 is 15.4 Å². The zero-order valence-electron chi connectivity index (χ0n) is 19.1. The third kappa shape index (κ3) is 5.19. The third-order valence-corrected chi connectivity index (χ3v) is 7.41. The highest BCUT2D eigenvalue weighted by Crippen LogP contribution is 2.49. The number of piperidine rings is 1. The van der Waals surface area contributed by atoms with Gasteiger partial charge in [0.2, 0.25) is 0 Å². The van der Waals surface area contributed by atoms with Crippen molar-refractivity contribution in [1.29, 1.82) is 0 Å². The quantitative estimate of drug-likeness (QED) is 0.475. The van der Waals surface area contributed by atoms with Crippen molar-refractivity contribution in [2.75, 3.05) is 13.1 Å². The van der Waals surface area contributed by atoms with Crippen LogP contribution in [0, 0.1) is 11.7 Å². The Hall–Kier alpha value is -2.12. The molecular formula is C26H31F3N2OS. The molecule has 2 aromatic rings. The van der Waals surface area contributed by atoms with E-state index in [0.717, 1.165) is 49.2 Å². The maximum Gasteiger partial charge on any atom is 0.288 e. The minimum atomic E-state index is -2.43. The highest BCUT2D eigenvalue weighted by molar-refractivity contribution is 7.99. The average Bonchev–Trinajstić information content (AvgIpc) is 2.74. The summed E-state index contributed by atoms with van der Waals surface area (Å²) in [7, 11) is 0. The molecule has 1 saturated heterocycles. The molecule has 0 aromatic heterocycles. The number of hydrogen-bond donors (Lipinski definition) is 1. The van der Waals surface area contributed by atoms with Gasteiger partial charge in [0.25, 0.3) is 5.76 Å². The molecule has 2 aromatic carbocycles. The van der Waals surface area contributed by atoms with Gasteiger partial charge in [-0.15, -0.1) is 0 Å². The average molecular weight is 477 g/mol. The van der Waals surface area contributed by atoms with Gasteiger partial charge >= 0.3 is 0 Å². The van der Waals surface area contributed by atoms with Gasteiger partial charge in [-0.2, -0.15) is 8.78 Å². The predicted octanol–water partition coefficient (Wildman–Crippen LogP) is 6.63. The van der Waals surface area contributed by atoms with Crippen LogP contribution in [0.1, 0.15) is 50.7 Å². The normalized spacial score (nSPS) is 21.9. The minimum absolute atomic E-state index is 0.295. The second kappa shape index (κ2) is 9.26. The van der Waals surface area contributed by atoms with Crippen molar-refractivity contribution < 1.29 is 17.9 Å². The van der Waals surface area contributed by atoms with Gasteiger partial charge in [0.15, 0.2) is 0 Å². The maximum atomic E-state index is 14.0. The lowest BCUT2D eigenvalue weighted by Crippen LogP contribution is -2.57. The van der Waals surface area contributed by atoms with Gasteiger partial charge in [-0.1, -0.05) is 44.3 Å². The Labute approximate surface area is 198 Å². The van der Waals surface area contributed by atoms with E-state index in [4.69, 9.17) is 10.5 Å². The number of fused-ring (bicyclic) bond motifs is 1. The Morgan fingerprint density at radius 3 is 2.42 bits per heavy atom. The first-order chi connectivity index (χ1) is 15.6. The minimum Gasteiger partial charge on any atom is -0.487 e. The molecule has 178 valence electrons. The molecule has 1 unspecified atom stereocenters. The van der Waals surface area contributed by atoms with Crippen LogP contribution in [0.25, 0.3) is 5.70 Å². The lowest BCUT2D eigenvalue weighted by Gasteiger charge is -2.51. The van der Waals surface area contributed by atoms with Gasteiger partial charge in [-0.3, -0.25) is 0 Å². The SMILES string of the molecule is C=C(c1ccc(SC(F)F)cc1)N1CCC2(CC1)CC(N)(CC(C)C)c1cc(F)ccc1O2. The number of hydrogen-bond acceptors (Lipinski definition) is 4. The summed E-state index contributed by atoms with van der Waals surface area (Å²) in [5.41, 5.74) is 8.46. The fourth-order valence-electron chi connectivity index (χ4n) is 5.30. The van der Waals surface area contributed by atoms with Crippen LogP contribution in [0.4, 0.5) is 13.2 Å². The first kappa shape index (κ1) is 24.0. The Kier molecular flexibility index (Phi) is 6.74. The summed E-state index contributed by atoms with van der Waals surface area (Å²) >= 11 is 0.540. The van der Waals surface area contributed by atoms with Crippen molar-refractivity contribution in [3.8, 4) is 5.75 Å². The summed E-state index contributed by atoms with van der Waals surface area (Å²) in [5, 5.41) is 0. The number of rotatable bonds is 6. The lowest BCUT2D eigenvalue weighted by molar-refractivity contribution is -0.0322. The number of nitrogens with two attached hydrogens (primary N) is 1. The smallest absolute Gasteiger partial charge is 0.288 e. The van der Waals surface area contributed by atoms with Gasteiger partial charge in [-0.25, -0.2) is 4.39 Å². The van der Waals surface area contributed by atoms with Crippen LogP contribution in [0.2, 0.25) is 0 Å². The number of halogens is 3. The molecule has 2 aliphatic heterocycles. The van der Waals surface area contributed by atoms with Crippen molar-refractivity contribution in [3.63, 3.8) is 0 Å². The molecule has 0 aliphatic carbocycles. The number of thioether (sulfide) groups is 1. The Morgan fingerprint density at radius 1 is 1.15 bits per heavy atom. The molecule has 33 heavy (non-hydrogen) atoms. The second-order valence-electron chi connectivity index (χ2n) is 9.69.